The summed E-state index contributed by atoms with van der Waals surface area (Å²) >= 11 is 0. The molecule has 0 aromatic heterocycles. The molecule has 1 saturated heterocycles. The van der Waals surface area contributed by atoms with Crippen LogP contribution in [0.5, 0.6) is 0 Å². The van der Waals surface area contributed by atoms with E-state index in [0.29, 0.717) is 0 Å². The number of benzene rings is 1. The summed E-state index contributed by atoms with van der Waals surface area (Å²) in [7, 11) is 0. The summed E-state index contributed by atoms with van der Waals surface area (Å²) < 4.78 is 0. The Balaban J connectivity index is 2.32. The number of nitrogens with one attached hydrogen (secondary N) is 1. The lowest BCUT2D eigenvalue weighted by molar-refractivity contribution is 0.0606. The van der Waals surface area contributed by atoms with Crippen LogP contribution in [0.1, 0.15) is 55.8 Å². The Bertz CT molecular complexity index is 448. The van der Waals surface area contributed by atoms with Crippen LogP contribution in [-0.2, 0) is 0 Å². The highest BCUT2D eigenvalue weighted by Gasteiger charge is 2.37. The molecule has 0 bridgehead atoms. The summed E-state index contributed by atoms with van der Waals surface area (Å²) in [5, 5.41) is 0. The van der Waals surface area contributed by atoms with Gasteiger partial charge in [-0.1, -0.05) is 30.2 Å². The minimum Gasteiger partial charge on any atom is -0.296 e. The topological polar surface area (TPSA) is 41.3 Å². The zero-order valence-electron chi connectivity index (χ0n) is 13.4. The summed E-state index contributed by atoms with van der Waals surface area (Å²) in [6.07, 6.45) is 3.96. The largest absolute Gasteiger partial charge is 0.296 e. The van der Waals surface area contributed by atoms with E-state index in [9.17, 15) is 0 Å². The van der Waals surface area contributed by atoms with Gasteiger partial charge in [0.05, 0.1) is 6.04 Å². The van der Waals surface area contributed by atoms with Gasteiger partial charge in [-0.25, -0.2) is 0 Å². The smallest absolute Gasteiger partial charge is 0.0641 e. The monoisotopic (exact) mass is 275 g/mol. The van der Waals surface area contributed by atoms with Gasteiger partial charge in [0.2, 0.25) is 0 Å². The lowest BCUT2D eigenvalue weighted by Gasteiger charge is -2.46. The Morgan fingerprint density at radius 1 is 1.15 bits per heavy atom. The molecule has 0 aliphatic carbocycles. The van der Waals surface area contributed by atoms with Gasteiger partial charge >= 0.3 is 0 Å². The maximum atomic E-state index is 5.94. The zero-order valence-corrected chi connectivity index (χ0v) is 13.4. The van der Waals surface area contributed by atoms with Gasteiger partial charge in [0.15, 0.2) is 0 Å². The summed E-state index contributed by atoms with van der Waals surface area (Å²) in [6, 6.07) is 6.79. The van der Waals surface area contributed by atoms with Crippen molar-refractivity contribution in [2.45, 2.75) is 58.5 Å². The predicted octanol–water partition coefficient (Wildman–Crippen LogP) is 3.07. The quantitative estimate of drug-likeness (QED) is 0.655. The number of hydrogen-bond acceptors (Lipinski definition) is 3. The van der Waals surface area contributed by atoms with E-state index < -0.39 is 0 Å². The first-order chi connectivity index (χ1) is 9.46. The van der Waals surface area contributed by atoms with Crippen molar-refractivity contribution in [1.82, 2.24) is 10.3 Å². The zero-order chi connectivity index (χ0) is 14.8. The molecule has 3 heteroatoms. The fourth-order valence-corrected chi connectivity index (χ4v) is 3.40. The van der Waals surface area contributed by atoms with Crippen LogP contribution >= 0.6 is 0 Å². The Morgan fingerprint density at radius 2 is 1.80 bits per heavy atom. The van der Waals surface area contributed by atoms with Crippen molar-refractivity contribution in [1.29, 1.82) is 0 Å². The Kier molecular flexibility index (Phi) is 4.84. The second-order valence-corrected chi connectivity index (χ2v) is 6.66. The van der Waals surface area contributed by atoms with E-state index in [-0.39, 0.29) is 11.6 Å². The average molecular weight is 275 g/mol. The number of aryl methyl sites for hydroxylation is 2. The third-order valence-corrected chi connectivity index (χ3v) is 4.79. The van der Waals surface area contributed by atoms with E-state index in [2.05, 4.69) is 56.2 Å². The van der Waals surface area contributed by atoms with Gasteiger partial charge in [-0.3, -0.25) is 16.2 Å². The molecule has 0 amide bonds. The molecule has 20 heavy (non-hydrogen) atoms. The van der Waals surface area contributed by atoms with Gasteiger partial charge in [0.25, 0.3) is 0 Å². The van der Waals surface area contributed by atoms with E-state index in [4.69, 9.17) is 5.84 Å². The van der Waals surface area contributed by atoms with Crippen molar-refractivity contribution in [3.05, 3.63) is 34.9 Å². The van der Waals surface area contributed by atoms with Crippen molar-refractivity contribution in [3.8, 4) is 0 Å². The van der Waals surface area contributed by atoms with Crippen LogP contribution in [0.25, 0.3) is 0 Å². The second kappa shape index (κ2) is 6.25. The number of hydrogen-bond donors (Lipinski definition) is 2. The molecule has 3 N–H and O–H groups in total. The lowest BCUT2D eigenvalue weighted by Crippen LogP contribution is -2.55. The lowest BCUT2D eigenvalue weighted by atomic mass is 9.83. The molecular formula is C17H29N3. The SMILES string of the molecule is Cc1ccc(C)c(C(NN)C(C)(C)N2CCCCC2)c1. The predicted molar refractivity (Wildman–Crippen MR) is 85.5 cm³/mol. The van der Waals surface area contributed by atoms with Crippen LogP contribution in [0.15, 0.2) is 18.2 Å². The van der Waals surface area contributed by atoms with Crippen molar-refractivity contribution < 1.29 is 0 Å². The third kappa shape index (κ3) is 3.05. The van der Waals surface area contributed by atoms with Gasteiger partial charge in [0.1, 0.15) is 0 Å². The highest BCUT2D eigenvalue weighted by Crippen LogP contribution is 2.34. The molecule has 112 valence electrons. The van der Waals surface area contributed by atoms with Crippen LogP contribution in [0, 0.1) is 13.8 Å². The van der Waals surface area contributed by atoms with Crippen molar-refractivity contribution in [3.63, 3.8) is 0 Å². The molecule has 1 aliphatic heterocycles. The van der Waals surface area contributed by atoms with Gasteiger partial charge < -0.3 is 0 Å². The maximum Gasteiger partial charge on any atom is 0.0641 e. The van der Waals surface area contributed by atoms with Crippen molar-refractivity contribution >= 4 is 0 Å². The molecule has 1 aliphatic rings. The summed E-state index contributed by atoms with van der Waals surface area (Å²) in [6.45, 7) is 11.3. The number of nitrogens with zero attached hydrogens (tertiary/aromatic N) is 1. The van der Waals surface area contributed by atoms with E-state index in [0.717, 1.165) is 0 Å². The van der Waals surface area contributed by atoms with Gasteiger partial charge in [-0.15, -0.1) is 0 Å². The Labute approximate surface area is 123 Å². The van der Waals surface area contributed by atoms with E-state index in [1.54, 1.807) is 0 Å². The van der Waals surface area contributed by atoms with E-state index >= 15 is 0 Å². The highest BCUT2D eigenvalue weighted by atomic mass is 15.3. The average Bonchev–Trinajstić information content (AvgIpc) is 2.44. The van der Waals surface area contributed by atoms with Gasteiger partial charge in [0, 0.05) is 5.54 Å². The Morgan fingerprint density at radius 3 is 2.40 bits per heavy atom. The first-order valence-electron chi connectivity index (χ1n) is 7.75. The van der Waals surface area contributed by atoms with E-state index in [1.807, 2.05) is 0 Å². The molecule has 1 aromatic carbocycles. The summed E-state index contributed by atoms with van der Waals surface area (Å²) in [5.41, 5.74) is 7.03. The second-order valence-electron chi connectivity index (χ2n) is 6.66. The maximum absolute atomic E-state index is 5.94. The highest BCUT2D eigenvalue weighted by molar-refractivity contribution is 5.34. The summed E-state index contributed by atoms with van der Waals surface area (Å²) in [4.78, 5) is 2.59. The standard InChI is InChI=1S/C17H29N3/c1-13-8-9-14(2)15(12-13)16(19-18)17(3,4)20-10-6-5-7-11-20/h8-9,12,16,19H,5-7,10-11,18H2,1-4H3. The molecular weight excluding hydrogens is 246 g/mol. The van der Waals surface area contributed by atoms with Crippen LogP contribution in [0.4, 0.5) is 0 Å². The molecule has 1 heterocycles. The molecule has 3 nitrogen and oxygen atoms in total. The van der Waals surface area contributed by atoms with Gasteiger partial charge in [-0.05, 0) is 64.8 Å². The third-order valence-electron chi connectivity index (χ3n) is 4.79. The molecule has 0 saturated carbocycles. The fraction of sp³-hybridized carbons (Fsp3) is 0.647. The summed E-state index contributed by atoms with van der Waals surface area (Å²) in [5.74, 6) is 5.94. The van der Waals surface area contributed by atoms with E-state index in [1.165, 1.54) is 49.0 Å². The molecule has 1 atom stereocenters. The molecule has 2 rings (SSSR count). The number of piperidine rings is 1. The first-order valence-corrected chi connectivity index (χ1v) is 7.75. The minimum absolute atomic E-state index is 0.0216. The molecule has 1 unspecified atom stereocenters. The minimum atomic E-state index is 0.0216. The molecule has 0 radical (unpaired) electrons. The van der Waals surface area contributed by atoms with Crippen molar-refractivity contribution in [2.24, 2.45) is 5.84 Å². The van der Waals surface area contributed by atoms with Crippen LogP contribution in [-0.4, -0.2) is 23.5 Å². The molecule has 1 fully saturated rings. The van der Waals surface area contributed by atoms with Crippen LogP contribution < -0.4 is 11.3 Å². The number of likely N-dealkylation sites (tertiary alicyclic amines) is 1. The number of rotatable bonds is 4. The fourth-order valence-electron chi connectivity index (χ4n) is 3.40. The van der Waals surface area contributed by atoms with Gasteiger partial charge in [-0.2, -0.15) is 0 Å². The van der Waals surface area contributed by atoms with Crippen LogP contribution in [0.3, 0.4) is 0 Å². The first kappa shape index (κ1) is 15.5. The number of hydrazine groups is 1. The molecule has 0 spiro atoms. The normalized spacial score (nSPS) is 19.1. The molecule has 1 aromatic rings. The Hall–Kier alpha value is -0.900. The number of nitrogens with two attached hydrogens (primary N) is 1. The van der Waals surface area contributed by atoms with Crippen LogP contribution in [0.2, 0.25) is 0 Å². The van der Waals surface area contributed by atoms with Crippen molar-refractivity contribution in [2.75, 3.05) is 13.1 Å².